The number of nitrogens with two attached hydrogens (primary N) is 1. The maximum absolute atomic E-state index is 11.7. The molecule has 102 valence electrons. The van der Waals surface area contributed by atoms with Gasteiger partial charge in [0.15, 0.2) is 0 Å². The van der Waals surface area contributed by atoms with Crippen LogP contribution in [0.4, 0.5) is 0 Å². The summed E-state index contributed by atoms with van der Waals surface area (Å²) in [4.78, 5) is 15.8. The number of rotatable bonds is 8. The minimum atomic E-state index is 0.122. The molecule has 18 heavy (non-hydrogen) atoms. The molecule has 0 aliphatic rings. The Morgan fingerprint density at radius 1 is 1.50 bits per heavy atom. The van der Waals surface area contributed by atoms with Crippen LogP contribution in [0.5, 0.6) is 0 Å². The van der Waals surface area contributed by atoms with Crippen LogP contribution < -0.4 is 11.1 Å². The molecule has 0 aromatic carbocycles. The van der Waals surface area contributed by atoms with Crippen LogP contribution in [0.2, 0.25) is 0 Å². The smallest absolute Gasteiger partial charge is 0.220 e. The SMILES string of the molecule is CC(C)(CCN)CCC(=O)NCCc1nccs1. The molecule has 0 saturated heterocycles. The summed E-state index contributed by atoms with van der Waals surface area (Å²) in [5.41, 5.74) is 5.70. The van der Waals surface area contributed by atoms with E-state index in [0.717, 1.165) is 24.3 Å². The zero-order valence-corrected chi connectivity index (χ0v) is 12.1. The molecule has 1 rings (SSSR count). The highest BCUT2D eigenvalue weighted by atomic mass is 32.1. The van der Waals surface area contributed by atoms with Crippen molar-refractivity contribution in [2.24, 2.45) is 11.1 Å². The Labute approximate surface area is 113 Å². The van der Waals surface area contributed by atoms with Gasteiger partial charge in [0.05, 0.1) is 5.01 Å². The molecule has 5 heteroatoms. The van der Waals surface area contributed by atoms with Gasteiger partial charge in [0.25, 0.3) is 0 Å². The van der Waals surface area contributed by atoms with E-state index in [1.54, 1.807) is 17.5 Å². The Morgan fingerprint density at radius 3 is 2.89 bits per heavy atom. The van der Waals surface area contributed by atoms with E-state index in [9.17, 15) is 4.79 Å². The minimum Gasteiger partial charge on any atom is -0.356 e. The lowest BCUT2D eigenvalue weighted by molar-refractivity contribution is -0.121. The first kappa shape index (κ1) is 15.1. The van der Waals surface area contributed by atoms with Gasteiger partial charge in [-0.05, 0) is 24.8 Å². The first-order chi connectivity index (χ1) is 8.53. The Kier molecular flexibility index (Phi) is 6.29. The molecule has 4 nitrogen and oxygen atoms in total. The molecule has 0 fully saturated rings. The van der Waals surface area contributed by atoms with Crippen LogP contribution in [0, 0.1) is 5.41 Å². The van der Waals surface area contributed by atoms with Crippen LogP contribution in [-0.2, 0) is 11.2 Å². The standard InChI is InChI=1S/C13H23N3OS/c1-13(2,6-7-14)5-3-11(17)15-8-4-12-16-9-10-18-12/h9-10H,3-8,14H2,1-2H3,(H,15,17). The van der Waals surface area contributed by atoms with Crippen LogP contribution in [0.3, 0.4) is 0 Å². The van der Waals surface area contributed by atoms with E-state index in [-0.39, 0.29) is 11.3 Å². The van der Waals surface area contributed by atoms with E-state index in [1.807, 2.05) is 5.38 Å². The monoisotopic (exact) mass is 269 g/mol. The van der Waals surface area contributed by atoms with Gasteiger partial charge in [0.1, 0.15) is 0 Å². The maximum atomic E-state index is 11.7. The van der Waals surface area contributed by atoms with Crippen LogP contribution in [0.1, 0.15) is 38.1 Å². The van der Waals surface area contributed by atoms with Crippen LogP contribution in [-0.4, -0.2) is 24.0 Å². The van der Waals surface area contributed by atoms with Crippen LogP contribution in [0.15, 0.2) is 11.6 Å². The second kappa shape index (κ2) is 7.48. The summed E-state index contributed by atoms with van der Waals surface area (Å²) in [6, 6.07) is 0. The van der Waals surface area contributed by atoms with E-state index >= 15 is 0 Å². The fourth-order valence-corrected chi connectivity index (χ4v) is 2.36. The summed E-state index contributed by atoms with van der Waals surface area (Å²) in [6.45, 7) is 5.66. The second-order valence-corrected chi connectivity index (χ2v) is 6.21. The second-order valence-electron chi connectivity index (χ2n) is 5.23. The van der Waals surface area contributed by atoms with Gasteiger partial charge in [-0.1, -0.05) is 13.8 Å². The first-order valence-corrected chi connectivity index (χ1v) is 7.26. The molecule has 0 aliphatic heterocycles. The van der Waals surface area contributed by atoms with Crippen molar-refractivity contribution in [1.29, 1.82) is 0 Å². The molecule has 0 unspecified atom stereocenters. The van der Waals surface area contributed by atoms with Crippen molar-refractivity contribution in [3.8, 4) is 0 Å². The number of aromatic nitrogens is 1. The quantitative estimate of drug-likeness (QED) is 0.758. The molecule has 1 amide bonds. The number of amides is 1. The summed E-state index contributed by atoms with van der Waals surface area (Å²) in [7, 11) is 0. The van der Waals surface area contributed by atoms with Crippen LogP contribution in [0.25, 0.3) is 0 Å². The van der Waals surface area contributed by atoms with E-state index < -0.39 is 0 Å². The molecule has 3 N–H and O–H groups in total. The van der Waals surface area contributed by atoms with E-state index in [4.69, 9.17) is 5.73 Å². The Balaban J connectivity index is 2.14. The zero-order chi connectivity index (χ0) is 13.4. The molecular formula is C13H23N3OS. The molecule has 1 aromatic heterocycles. The third kappa shape index (κ3) is 6.12. The van der Waals surface area contributed by atoms with Crippen molar-refractivity contribution in [2.75, 3.05) is 13.1 Å². The van der Waals surface area contributed by atoms with Gasteiger partial charge >= 0.3 is 0 Å². The van der Waals surface area contributed by atoms with E-state index in [2.05, 4.69) is 24.1 Å². The van der Waals surface area contributed by atoms with Gasteiger partial charge in [-0.2, -0.15) is 0 Å². The molecule has 0 aliphatic carbocycles. The first-order valence-electron chi connectivity index (χ1n) is 6.39. The van der Waals surface area contributed by atoms with Crippen molar-refractivity contribution in [2.45, 2.75) is 39.5 Å². The average Bonchev–Trinajstić information content (AvgIpc) is 2.79. The summed E-state index contributed by atoms with van der Waals surface area (Å²) in [6.07, 6.45) is 5.02. The molecule has 0 bridgehead atoms. The predicted molar refractivity (Wildman–Crippen MR) is 75.5 cm³/mol. The number of hydrogen-bond acceptors (Lipinski definition) is 4. The summed E-state index contributed by atoms with van der Waals surface area (Å²) in [5, 5.41) is 5.95. The highest BCUT2D eigenvalue weighted by molar-refractivity contribution is 7.09. The molecule has 0 spiro atoms. The number of nitrogens with one attached hydrogen (secondary N) is 1. The highest BCUT2D eigenvalue weighted by Gasteiger charge is 2.18. The minimum absolute atomic E-state index is 0.122. The van der Waals surface area contributed by atoms with E-state index in [1.165, 1.54) is 0 Å². The highest BCUT2D eigenvalue weighted by Crippen LogP contribution is 2.25. The normalized spacial score (nSPS) is 11.5. The molecule has 0 radical (unpaired) electrons. The molecular weight excluding hydrogens is 246 g/mol. The van der Waals surface area contributed by atoms with Crippen LogP contribution >= 0.6 is 11.3 Å². The van der Waals surface area contributed by atoms with Gasteiger partial charge in [-0.25, -0.2) is 4.98 Å². The summed E-state index contributed by atoms with van der Waals surface area (Å²) in [5.74, 6) is 0.122. The van der Waals surface area contributed by atoms with Crippen molar-refractivity contribution in [3.63, 3.8) is 0 Å². The lowest BCUT2D eigenvalue weighted by Crippen LogP contribution is -2.27. The van der Waals surface area contributed by atoms with Gasteiger partial charge in [0, 0.05) is 31.0 Å². The Morgan fingerprint density at radius 2 is 2.28 bits per heavy atom. The topological polar surface area (TPSA) is 68.0 Å². The van der Waals surface area contributed by atoms with Crippen molar-refractivity contribution in [3.05, 3.63) is 16.6 Å². The fraction of sp³-hybridized carbons (Fsp3) is 0.692. The number of nitrogens with zero attached hydrogens (tertiary/aromatic N) is 1. The molecule has 0 saturated carbocycles. The van der Waals surface area contributed by atoms with Gasteiger partial charge < -0.3 is 11.1 Å². The average molecular weight is 269 g/mol. The maximum Gasteiger partial charge on any atom is 0.220 e. The van der Waals surface area contributed by atoms with Gasteiger partial charge in [0.2, 0.25) is 5.91 Å². The number of thiazole rings is 1. The van der Waals surface area contributed by atoms with Crippen molar-refractivity contribution < 1.29 is 4.79 Å². The zero-order valence-electron chi connectivity index (χ0n) is 11.2. The van der Waals surface area contributed by atoms with Gasteiger partial charge in [-0.15, -0.1) is 11.3 Å². The predicted octanol–water partition coefficient (Wildman–Crippen LogP) is 1.96. The Hall–Kier alpha value is -0.940. The Bertz CT molecular complexity index is 349. The summed E-state index contributed by atoms with van der Waals surface area (Å²) < 4.78 is 0. The van der Waals surface area contributed by atoms with Crippen molar-refractivity contribution in [1.82, 2.24) is 10.3 Å². The summed E-state index contributed by atoms with van der Waals surface area (Å²) >= 11 is 1.62. The molecule has 1 aromatic rings. The largest absolute Gasteiger partial charge is 0.356 e. The van der Waals surface area contributed by atoms with Gasteiger partial charge in [-0.3, -0.25) is 4.79 Å². The third-order valence-corrected chi connectivity index (χ3v) is 3.83. The lowest BCUT2D eigenvalue weighted by atomic mass is 9.84. The molecule has 0 atom stereocenters. The molecule has 1 heterocycles. The number of carbonyl (C=O) groups excluding carboxylic acids is 1. The number of hydrogen-bond donors (Lipinski definition) is 2. The van der Waals surface area contributed by atoms with E-state index in [0.29, 0.717) is 19.5 Å². The lowest BCUT2D eigenvalue weighted by Gasteiger charge is -2.23. The fourth-order valence-electron chi connectivity index (χ4n) is 1.74. The number of carbonyl (C=O) groups is 1. The van der Waals surface area contributed by atoms with Crippen molar-refractivity contribution >= 4 is 17.2 Å². The third-order valence-electron chi connectivity index (χ3n) is 2.99.